The quantitative estimate of drug-likeness (QED) is 0.663. The Morgan fingerprint density at radius 2 is 2.26 bits per heavy atom. The lowest BCUT2D eigenvalue weighted by molar-refractivity contribution is -0.141. The number of carboxylic acids is 1. The van der Waals surface area contributed by atoms with Crippen molar-refractivity contribution in [3.63, 3.8) is 0 Å². The van der Waals surface area contributed by atoms with Gasteiger partial charge in [-0.25, -0.2) is 4.79 Å². The molecule has 1 aliphatic heterocycles. The van der Waals surface area contributed by atoms with Crippen molar-refractivity contribution in [2.75, 3.05) is 26.8 Å². The fourth-order valence-electron chi connectivity index (χ4n) is 1.73. The Balaban J connectivity index is 1.66. The topological polar surface area (TPSA) is 88.4 Å². The molecular formula is C12H18N2O5. The number of amides is 1. The highest BCUT2D eigenvalue weighted by Gasteiger charge is 2.33. The molecule has 1 amide bonds. The third-order valence-electron chi connectivity index (χ3n) is 3.19. The fourth-order valence-corrected chi connectivity index (χ4v) is 1.73. The Labute approximate surface area is 111 Å². The Bertz CT molecular complexity index is 392. The van der Waals surface area contributed by atoms with E-state index in [-0.39, 0.29) is 18.0 Å². The minimum absolute atomic E-state index is 0.0153. The number of carbonyl (C=O) groups excluding carboxylic acids is 1. The molecule has 19 heavy (non-hydrogen) atoms. The summed E-state index contributed by atoms with van der Waals surface area (Å²) in [6.07, 6.45) is 1.67. The molecule has 7 heteroatoms. The van der Waals surface area contributed by atoms with Crippen molar-refractivity contribution in [1.82, 2.24) is 4.90 Å². The smallest absolute Gasteiger partial charge is 0.353 e. The maximum Gasteiger partial charge on any atom is 0.353 e. The van der Waals surface area contributed by atoms with Crippen molar-refractivity contribution in [2.45, 2.75) is 25.4 Å². The van der Waals surface area contributed by atoms with Crippen LogP contribution in [-0.4, -0.2) is 60.5 Å². The van der Waals surface area contributed by atoms with Crippen LogP contribution >= 0.6 is 0 Å². The fraction of sp³-hybridized carbons (Fsp3) is 0.750. The van der Waals surface area contributed by atoms with Gasteiger partial charge in [0.05, 0.1) is 6.61 Å². The van der Waals surface area contributed by atoms with Crippen LogP contribution in [-0.2, 0) is 19.2 Å². The monoisotopic (exact) mass is 270 g/mol. The molecule has 0 saturated heterocycles. The second-order valence-corrected chi connectivity index (χ2v) is 4.92. The summed E-state index contributed by atoms with van der Waals surface area (Å²) < 4.78 is 5.44. The highest BCUT2D eigenvalue weighted by molar-refractivity contribution is 6.36. The maximum absolute atomic E-state index is 11.9. The number of rotatable bonds is 7. The average molecular weight is 270 g/mol. The summed E-state index contributed by atoms with van der Waals surface area (Å²) in [5.74, 6) is -0.716. The standard InChI is InChI=1S/C12H18N2O5/c1-14(4-5-18-7-8-2-3-8)11(15)10-6-9(12(16)17)13-19-10/h8,10H,2-7H2,1H3,(H,16,17). The Morgan fingerprint density at radius 3 is 2.84 bits per heavy atom. The van der Waals surface area contributed by atoms with E-state index in [4.69, 9.17) is 14.7 Å². The van der Waals surface area contributed by atoms with Crippen LogP contribution in [0.2, 0.25) is 0 Å². The lowest BCUT2D eigenvalue weighted by Crippen LogP contribution is -2.38. The highest BCUT2D eigenvalue weighted by atomic mass is 16.6. The van der Waals surface area contributed by atoms with Crippen LogP contribution in [0.15, 0.2) is 5.16 Å². The van der Waals surface area contributed by atoms with E-state index in [1.54, 1.807) is 7.05 Å². The molecular weight excluding hydrogens is 252 g/mol. The lowest BCUT2D eigenvalue weighted by Gasteiger charge is -2.19. The first-order valence-electron chi connectivity index (χ1n) is 6.36. The largest absolute Gasteiger partial charge is 0.477 e. The number of likely N-dealkylation sites (N-methyl/N-ethyl adjacent to an activating group) is 1. The third-order valence-corrected chi connectivity index (χ3v) is 3.19. The highest BCUT2D eigenvalue weighted by Crippen LogP contribution is 2.28. The number of oxime groups is 1. The normalized spacial score (nSPS) is 21.7. The minimum Gasteiger partial charge on any atom is -0.477 e. The van der Waals surface area contributed by atoms with E-state index in [1.807, 2.05) is 0 Å². The van der Waals surface area contributed by atoms with Crippen LogP contribution in [0.4, 0.5) is 0 Å². The van der Waals surface area contributed by atoms with Crippen molar-refractivity contribution in [3.8, 4) is 0 Å². The van der Waals surface area contributed by atoms with Gasteiger partial charge < -0.3 is 19.6 Å². The van der Waals surface area contributed by atoms with Gasteiger partial charge in [-0.3, -0.25) is 4.79 Å². The molecule has 1 unspecified atom stereocenters. The summed E-state index contributed by atoms with van der Waals surface area (Å²) in [5.41, 5.74) is -0.114. The number of carbonyl (C=O) groups is 2. The molecule has 1 fully saturated rings. The Hall–Kier alpha value is -1.63. The minimum atomic E-state index is -1.15. The molecule has 0 spiro atoms. The predicted octanol–water partition coefficient (Wildman–Crippen LogP) is 0.101. The molecule has 1 heterocycles. The molecule has 0 aromatic heterocycles. The van der Waals surface area contributed by atoms with Gasteiger partial charge in [-0.05, 0) is 18.8 Å². The number of ether oxygens (including phenoxy) is 1. The molecule has 0 bridgehead atoms. The van der Waals surface area contributed by atoms with Gasteiger partial charge in [-0.1, -0.05) is 5.16 Å². The predicted molar refractivity (Wildman–Crippen MR) is 65.7 cm³/mol. The van der Waals surface area contributed by atoms with E-state index in [9.17, 15) is 9.59 Å². The SMILES string of the molecule is CN(CCOCC1CC1)C(=O)C1CC(C(=O)O)=NO1. The first-order valence-corrected chi connectivity index (χ1v) is 6.36. The van der Waals surface area contributed by atoms with Gasteiger partial charge in [0.1, 0.15) is 0 Å². The van der Waals surface area contributed by atoms with Gasteiger partial charge in [0.25, 0.3) is 5.91 Å². The van der Waals surface area contributed by atoms with Crippen molar-refractivity contribution in [3.05, 3.63) is 0 Å². The van der Waals surface area contributed by atoms with Crippen molar-refractivity contribution >= 4 is 17.6 Å². The number of hydrogen-bond acceptors (Lipinski definition) is 5. The second kappa shape index (κ2) is 6.01. The zero-order valence-electron chi connectivity index (χ0n) is 10.9. The van der Waals surface area contributed by atoms with Crippen LogP contribution in [0.5, 0.6) is 0 Å². The summed E-state index contributed by atoms with van der Waals surface area (Å²) in [7, 11) is 1.64. The lowest BCUT2D eigenvalue weighted by atomic mass is 10.1. The van der Waals surface area contributed by atoms with E-state index in [0.717, 1.165) is 6.61 Å². The number of hydrogen-bond donors (Lipinski definition) is 1. The second-order valence-electron chi connectivity index (χ2n) is 4.92. The summed E-state index contributed by atoms with van der Waals surface area (Å²) >= 11 is 0. The average Bonchev–Trinajstić information content (AvgIpc) is 3.06. The van der Waals surface area contributed by atoms with Gasteiger partial charge in [0.15, 0.2) is 5.71 Å². The van der Waals surface area contributed by atoms with E-state index >= 15 is 0 Å². The maximum atomic E-state index is 11.9. The summed E-state index contributed by atoms with van der Waals surface area (Å²) in [6.45, 7) is 1.71. The zero-order chi connectivity index (χ0) is 13.8. The summed E-state index contributed by atoms with van der Waals surface area (Å²) in [5, 5.41) is 12.1. The molecule has 1 saturated carbocycles. The molecule has 106 valence electrons. The van der Waals surface area contributed by atoms with Crippen LogP contribution in [0.1, 0.15) is 19.3 Å². The molecule has 1 N–H and O–H groups in total. The molecule has 7 nitrogen and oxygen atoms in total. The summed E-state index contributed by atoms with van der Waals surface area (Å²) in [4.78, 5) is 28.9. The molecule has 2 aliphatic rings. The van der Waals surface area contributed by atoms with Crippen molar-refractivity contribution in [1.29, 1.82) is 0 Å². The van der Waals surface area contributed by atoms with E-state index < -0.39 is 12.1 Å². The number of carboxylic acid groups (broad SMARTS) is 1. The molecule has 1 atom stereocenters. The van der Waals surface area contributed by atoms with Crippen LogP contribution in [0.25, 0.3) is 0 Å². The van der Waals surface area contributed by atoms with Crippen LogP contribution in [0.3, 0.4) is 0 Å². The van der Waals surface area contributed by atoms with Crippen molar-refractivity contribution in [2.24, 2.45) is 11.1 Å². The van der Waals surface area contributed by atoms with Gasteiger partial charge in [0.2, 0.25) is 6.10 Å². The molecule has 0 radical (unpaired) electrons. The zero-order valence-corrected chi connectivity index (χ0v) is 10.9. The first-order chi connectivity index (χ1) is 9.08. The van der Waals surface area contributed by atoms with Crippen LogP contribution in [0, 0.1) is 5.92 Å². The molecule has 0 aromatic carbocycles. The molecule has 1 aliphatic carbocycles. The van der Waals surface area contributed by atoms with Crippen molar-refractivity contribution < 1.29 is 24.3 Å². The van der Waals surface area contributed by atoms with E-state index in [1.165, 1.54) is 17.7 Å². The Morgan fingerprint density at radius 1 is 1.53 bits per heavy atom. The third kappa shape index (κ3) is 3.92. The van der Waals surface area contributed by atoms with Gasteiger partial charge in [-0.2, -0.15) is 0 Å². The van der Waals surface area contributed by atoms with Crippen LogP contribution < -0.4 is 0 Å². The number of nitrogens with zero attached hydrogens (tertiary/aromatic N) is 2. The van der Waals surface area contributed by atoms with Gasteiger partial charge in [-0.15, -0.1) is 0 Å². The number of aliphatic carboxylic acids is 1. The van der Waals surface area contributed by atoms with E-state index in [2.05, 4.69) is 5.16 Å². The van der Waals surface area contributed by atoms with Gasteiger partial charge in [0, 0.05) is 26.6 Å². The molecule has 2 rings (SSSR count). The van der Waals surface area contributed by atoms with Gasteiger partial charge >= 0.3 is 5.97 Å². The summed E-state index contributed by atoms with van der Waals surface area (Å²) in [6, 6.07) is 0. The Kier molecular flexibility index (Phi) is 4.36. The molecule has 0 aromatic rings. The van der Waals surface area contributed by atoms with E-state index in [0.29, 0.717) is 19.1 Å². The first kappa shape index (κ1) is 13.8.